The lowest BCUT2D eigenvalue weighted by atomic mass is 9.69. The van der Waals surface area contributed by atoms with E-state index in [9.17, 15) is 9.18 Å². The van der Waals surface area contributed by atoms with Crippen LogP contribution in [0.2, 0.25) is 0 Å². The first-order valence-electron chi connectivity index (χ1n) is 9.87. The monoisotopic (exact) mass is 388 g/mol. The van der Waals surface area contributed by atoms with Crippen molar-refractivity contribution in [2.24, 2.45) is 11.3 Å². The van der Waals surface area contributed by atoms with Crippen molar-refractivity contribution in [1.29, 1.82) is 0 Å². The van der Waals surface area contributed by atoms with Gasteiger partial charge in [-0.05, 0) is 49.1 Å². The summed E-state index contributed by atoms with van der Waals surface area (Å²) in [7, 11) is 0. The minimum Gasteiger partial charge on any atom is -0.353 e. The number of amides is 1. The highest BCUT2D eigenvalue weighted by Crippen LogP contribution is 2.40. The number of thiazole rings is 1. The Hall–Kier alpha value is -1.75. The van der Waals surface area contributed by atoms with E-state index in [0.29, 0.717) is 5.41 Å². The molecule has 1 aliphatic rings. The molecule has 0 aliphatic heterocycles. The number of carbonyl (C=O) groups is 1. The highest BCUT2D eigenvalue weighted by atomic mass is 32.1. The minimum atomic E-state index is -0.274. The molecule has 27 heavy (non-hydrogen) atoms. The van der Waals surface area contributed by atoms with E-state index in [4.69, 9.17) is 0 Å². The number of nitrogens with one attached hydrogen (secondary N) is 1. The van der Waals surface area contributed by atoms with Crippen LogP contribution < -0.4 is 5.32 Å². The van der Waals surface area contributed by atoms with Gasteiger partial charge in [0.05, 0.1) is 12.1 Å². The van der Waals surface area contributed by atoms with Gasteiger partial charge in [0.2, 0.25) is 5.91 Å². The number of nitrogens with zero attached hydrogens (tertiary/aromatic N) is 1. The Balaban J connectivity index is 1.51. The standard InChI is InChI=1S/C22H29FN2OS/c1-4-22(2,3)16-8-10-18(11-9-16)24-20(26)13-19-14-27-21(25-19)15-6-5-7-17(23)12-15/h5-7,12,14,16,18H,4,8-11,13H2,1-3H3,(H,24,26). The largest absolute Gasteiger partial charge is 0.353 e. The molecule has 1 aliphatic carbocycles. The van der Waals surface area contributed by atoms with Crippen LogP contribution in [0.15, 0.2) is 29.6 Å². The van der Waals surface area contributed by atoms with E-state index in [0.717, 1.165) is 35.0 Å². The summed E-state index contributed by atoms with van der Waals surface area (Å²) in [5.74, 6) is 0.510. The van der Waals surface area contributed by atoms with Crippen LogP contribution in [0.25, 0.3) is 10.6 Å². The molecule has 1 heterocycles. The molecule has 1 amide bonds. The third-order valence-electron chi connectivity index (χ3n) is 6.07. The maximum absolute atomic E-state index is 13.4. The lowest BCUT2D eigenvalue weighted by molar-refractivity contribution is -0.121. The fraction of sp³-hybridized carbons (Fsp3) is 0.545. The van der Waals surface area contributed by atoms with Gasteiger partial charge in [0.25, 0.3) is 0 Å². The van der Waals surface area contributed by atoms with E-state index in [2.05, 4.69) is 31.1 Å². The Labute approximate surface area is 165 Å². The molecule has 0 atom stereocenters. The summed E-state index contributed by atoms with van der Waals surface area (Å²) in [5.41, 5.74) is 1.89. The normalized spacial score (nSPS) is 20.4. The molecule has 2 aromatic rings. The number of hydrogen-bond acceptors (Lipinski definition) is 3. The molecule has 0 bridgehead atoms. The Bertz CT molecular complexity index is 778. The Morgan fingerprint density at radius 2 is 2.04 bits per heavy atom. The van der Waals surface area contributed by atoms with Crippen LogP contribution in [0.4, 0.5) is 4.39 Å². The van der Waals surface area contributed by atoms with E-state index >= 15 is 0 Å². The second-order valence-electron chi connectivity index (χ2n) is 8.29. The van der Waals surface area contributed by atoms with Gasteiger partial charge in [-0.2, -0.15) is 0 Å². The smallest absolute Gasteiger partial charge is 0.226 e. The molecule has 0 spiro atoms. The number of carbonyl (C=O) groups excluding carboxylic acids is 1. The third-order valence-corrected chi connectivity index (χ3v) is 7.01. The average molecular weight is 389 g/mol. The van der Waals surface area contributed by atoms with E-state index in [1.54, 1.807) is 6.07 Å². The minimum absolute atomic E-state index is 0.0318. The SMILES string of the molecule is CCC(C)(C)C1CCC(NC(=O)Cc2csc(-c3cccc(F)c3)n2)CC1. The van der Waals surface area contributed by atoms with Crippen molar-refractivity contribution in [1.82, 2.24) is 10.3 Å². The maximum atomic E-state index is 13.4. The van der Waals surface area contributed by atoms with E-state index in [1.165, 1.54) is 42.7 Å². The molecule has 1 aromatic heterocycles. The molecular weight excluding hydrogens is 359 g/mol. The Morgan fingerprint density at radius 1 is 1.30 bits per heavy atom. The van der Waals surface area contributed by atoms with Crippen LogP contribution in [0.3, 0.4) is 0 Å². The molecular formula is C22H29FN2OS. The topological polar surface area (TPSA) is 42.0 Å². The predicted octanol–water partition coefficient (Wildman–Crippen LogP) is 5.60. The number of benzene rings is 1. The van der Waals surface area contributed by atoms with Crippen molar-refractivity contribution < 1.29 is 9.18 Å². The summed E-state index contributed by atoms with van der Waals surface area (Å²) in [4.78, 5) is 16.9. The molecule has 3 rings (SSSR count). The zero-order chi connectivity index (χ0) is 19.4. The number of halogens is 1. The van der Waals surface area contributed by atoms with Gasteiger partial charge in [-0.15, -0.1) is 11.3 Å². The Kier molecular flexibility index (Phi) is 6.30. The molecule has 0 saturated heterocycles. The first-order valence-corrected chi connectivity index (χ1v) is 10.7. The lowest BCUT2D eigenvalue weighted by Crippen LogP contribution is -2.40. The fourth-order valence-corrected chi connectivity index (χ4v) is 4.71. The van der Waals surface area contributed by atoms with Gasteiger partial charge in [-0.25, -0.2) is 9.37 Å². The summed E-state index contributed by atoms with van der Waals surface area (Å²) in [6.45, 7) is 6.98. The number of hydrogen-bond donors (Lipinski definition) is 1. The molecule has 0 radical (unpaired) electrons. The second-order valence-corrected chi connectivity index (χ2v) is 9.15. The van der Waals surface area contributed by atoms with E-state index < -0.39 is 0 Å². The zero-order valence-electron chi connectivity index (χ0n) is 16.4. The molecule has 146 valence electrons. The van der Waals surface area contributed by atoms with Crippen molar-refractivity contribution in [3.05, 3.63) is 41.2 Å². The van der Waals surface area contributed by atoms with Crippen LogP contribution in [0.5, 0.6) is 0 Å². The summed E-state index contributed by atoms with van der Waals surface area (Å²) in [5, 5.41) is 5.82. The molecule has 1 N–H and O–H groups in total. The van der Waals surface area contributed by atoms with Crippen LogP contribution in [0, 0.1) is 17.2 Å². The van der Waals surface area contributed by atoms with Crippen molar-refractivity contribution in [3.63, 3.8) is 0 Å². The highest BCUT2D eigenvalue weighted by molar-refractivity contribution is 7.13. The van der Waals surface area contributed by atoms with Gasteiger partial charge in [0.1, 0.15) is 10.8 Å². The first kappa shape index (κ1) is 20.0. The van der Waals surface area contributed by atoms with Crippen molar-refractivity contribution in [2.75, 3.05) is 0 Å². The van der Waals surface area contributed by atoms with E-state index in [-0.39, 0.29) is 24.2 Å². The summed E-state index contributed by atoms with van der Waals surface area (Å²) < 4.78 is 13.4. The van der Waals surface area contributed by atoms with Crippen LogP contribution in [-0.2, 0) is 11.2 Å². The van der Waals surface area contributed by atoms with Crippen LogP contribution in [0.1, 0.15) is 58.6 Å². The van der Waals surface area contributed by atoms with E-state index in [1.807, 2.05) is 11.4 Å². The molecule has 0 unspecified atom stereocenters. The van der Waals surface area contributed by atoms with Crippen LogP contribution >= 0.6 is 11.3 Å². The molecule has 1 fully saturated rings. The van der Waals surface area contributed by atoms with Crippen molar-refractivity contribution in [2.45, 2.75) is 65.3 Å². The van der Waals surface area contributed by atoms with Crippen LogP contribution in [-0.4, -0.2) is 16.9 Å². The van der Waals surface area contributed by atoms with Gasteiger partial charge in [0, 0.05) is 17.0 Å². The zero-order valence-corrected chi connectivity index (χ0v) is 17.2. The molecule has 1 aromatic carbocycles. The number of aromatic nitrogens is 1. The molecule has 1 saturated carbocycles. The van der Waals surface area contributed by atoms with Gasteiger partial charge in [-0.1, -0.05) is 39.3 Å². The third kappa shape index (κ3) is 5.16. The molecule has 3 nitrogen and oxygen atoms in total. The maximum Gasteiger partial charge on any atom is 0.226 e. The van der Waals surface area contributed by atoms with Gasteiger partial charge in [0.15, 0.2) is 0 Å². The highest BCUT2D eigenvalue weighted by Gasteiger charge is 2.32. The summed E-state index contributed by atoms with van der Waals surface area (Å²) in [6.07, 6.45) is 5.98. The quantitative estimate of drug-likeness (QED) is 0.699. The predicted molar refractivity (Wildman–Crippen MR) is 109 cm³/mol. The summed E-state index contributed by atoms with van der Waals surface area (Å²) in [6, 6.07) is 6.68. The van der Waals surface area contributed by atoms with Gasteiger partial charge < -0.3 is 5.32 Å². The van der Waals surface area contributed by atoms with Gasteiger partial charge >= 0.3 is 0 Å². The van der Waals surface area contributed by atoms with Crippen molar-refractivity contribution >= 4 is 17.2 Å². The average Bonchev–Trinajstić information content (AvgIpc) is 3.10. The number of rotatable bonds is 6. The first-order chi connectivity index (χ1) is 12.9. The summed E-state index contributed by atoms with van der Waals surface area (Å²) >= 11 is 1.45. The Morgan fingerprint density at radius 3 is 2.70 bits per heavy atom. The lowest BCUT2D eigenvalue weighted by Gasteiger charge is -2.39. The molecule has 5 heteroatoms. The second kappa shape index (κ2) is 8.51. The van der Waals surface area contributed by atoms with Gasteiger partial charge in [-0.3, -0.25) is 4.79 Å². The van der Waals surface area contributed by atoms with Crippen molar-refractivity contribution in [3.8, 4) is 10.6 Å². The fourth-order valence-electron chi connectivity index (χ4n) is 3.89.